The number of ether oxygens (including phenoxy) is 2. The largest absolute Gasteiger partial charge is 0.546 e. The summed E-state index contributed by atoms with van der Waals surface area (Å²) in [5.74, 6) is -1.21. The predicted octanol–water partition coefficient (Wildman–Crippen LogP) is 4.03. The van der Waals surface area contributed by atoms with Gasteiger partial charge in [-0.05, 0) is 63.6 Å². The fraction of sp³-hybridized carbons (Fsp3) is 0.643. The number of halogens is 3. The maximum absolute atomic E-state index is 12.9. The lowest BCUT2D eigenvalue weighted by atomic mass is 10.1. The minimum atomic E-state index is -4.35. The van der Waals surface area contributed by atoms with E-state index in [0.717, 1.165) is 40.5 Å². The molecule has 0 spiro atoms. The maximum atomic E-state index is 12.9. The van der Waals surface area contributed by atoms with Crippen LogP contribution in [0.3, 0.4) is 0 Å². The number of carboxylic acids is 1. The summed E-state index contributed by atoms with van der Waals surface area (Å²) < 4.78 is 50.7. The number of carboxylic acid groups (broad SMARTS) is 1. The van der Waals surface area contributed by atoms with Crippen molar-refractivity contribution in [3.05, 3.63) is 50.7 Å². The average molecular weight is 571 g/mol. The molecule has 0 aliphatic rings. The van der Waals surface area contributed by atoms with Crippen molar-refractivity contribution in [2.45, 2.75) is 110 Å². The number of hydrogen-bond acceptors (Lipinski definition) is 7. The molecule has 0 saturated heterocycles. The average Bonchev–Trinajstić information content (AvgIpc) is 2.87. The molecule has 12 heteroatoms. The number of rotatable bonds is 18. The molecule has 1 aromatic heterocycles. The van der Waals surface area contributed by atoms with Crippen LogP contribution in [-0.2, 0) is 24.3 Å². The zero-order chi connectivity index (χ0) is 29.8. The van der Waals surface area contributed by atoms with Gasteiger partial charge in [0.15, 0.2) is 0 Å². The third-order valence-electron chi connectivity index (χ3n) is 6.29. The molecule has 0 bridgehead atoms. The maximum Gasteiger partial charge on any atom is 0.389 e. The monoisotopic (exact) mass is 570 g/mol. The highest BCUT2D eigenvalue weighted by molar-refractivity contribution is 5.74. The van der Waals surface area contributed by atoms with Crippen LogP contribution in [0.2, 0.25) is 0 Å². The Morgan fingerprint density at radius 1 is 0.950 bits per heavy atom. The molecule has 0 N–H and O–H groups in total. The molecule has 0 radical (unpaired) electrons. The molecular weight excluding hydrogens is 531 g/mol. The third kappa shape index (κ3) is 11.1. The van der Waals surface area contributed by atoms with Crippen molar-refractivity contribution in [3.8, 4) is 11.6 Å². The Bertz CT molecular complexity index is 1190. The number of nitrogens with zero attached hydrogens (tertiary/aromatic N) is 3. The molecule has 0 amide bonds. The van der Waals surface area contributed by atoms with Gasteiger partial charge in [0, 0.05) is 19.5 Å². The molecule has 0 aliphatic heterocycles. The quantitative estimate of drug-likeness (QED) is 0.249. The number of unbranched alkanes of at least 4 members (excludes halogenated alkanes) is 5. The van der Waals surface area contributed by atoms with Gasteiger partial charge in [0.1, 0.15) is 11.4 Å². The van der Waals surface area contributed by atoms with E-state index < -0.39 is 35.4 Å². The van der Waals surface area contributed by atoms with E-state index in [2.05, 4.69) is 12.0 Å². The summed E-state index contributed by atoms with van der Waals surface area (Å²) in [5, 5.41) is 15.0. The number of carbonyl (C=O) groups excluding carboxylic acids is 1. The number of aromatic nitrogens is 3. The van der Waals surface area contributed by atoms with Crippen molar-refractivity contribution in [2.75, 3.05) is 6.61 Å². The van der Waals surface area contributed by atoms with E-state index in [1.54, 1.807) is 12.1 Å². The molecule has 2 aromatic rings. The van der Waals surface area contributed by atoms with Gasteiger partial charge in [-0.15, -0.1) is 5.10 Å². The van der Waals surface area contributed by atoms with Crippen LogP contribution in [0.1, 0.15) is 84.1 Å². The van der Waals surface area contributed by atoms with Crippen LogP contribution >= 0.6 is 0 Å². The van der Waals surface area contributed by atoms with E-state index in [1.807, 2.05) is 12.1 Å². The van der Waals surface area contributed by atoms with Gasteiger partial charge in [-0.25, -0.2) is 9.48 Å². The molecule has 1 heterocycles. The standard InChI is InChI=1S/C28H40F3N3O6/c1-4-5-6-7-9-18-33-24(35)23(32-34(26(33)38)19-11-17-28(29,30)31)39-20-10-8-12-21-13-15-22(16-14-21)40-27(2,3)25(36)37/h13-16H,4-12,17-20H2,1-3H3,(H,36,37)/p-1. The van der Waals surface area contributed by atoms with Crippen molar-refractivity contribution in [2.24, 2.45) is 0 Å². The molecule has 40 heavy (non-hydrogen) atoms. The van der Waals surface area contributed by atoms with Crippen LogP contribution in [0.5, 0.6) is 11.6 Å². The summed E-state index contributed by atoms with van der Waals surface area (Å²) >= 11 is 0. The molecule has 0 saturated carbocycles. The van der Waals surface area contributed by atoms with E-state index in [1.165, 1.54) is 13.8 Å². The van der Waals surface area contributed by atoms with Gasteiger partial charge < -0.3 is 19.4 Å². The van der Waals surface area contributed by atoms with E-state index in [4.69, 9.17) is 9.47 Å². The molecule has 0 unspecified atom stereocenters. The van der Waals surface area contributed by atoms with Gasteiger partial charge in [0.2, 0.25) is 0 Å². The van der Waals surface area contributed by atoms with Crippen molar-refractivity contribution >= 4 is 5.97 Å². The van der Waals surface area contributed by atoms with Crippen LogP contribution in [0.15, 0.2) is 33.9 Å². The predicted molar refractivity (Wildman–Crippen MR) is 141 cm³/mol. The molecule has 9 nitrogen and oxygen atoms in total. The SMILES string of the molecule is CCCCCCCn1c(=O)c(OCCCCc2ccc(OC(C)(C)C(=O)[O-])cc2)nn(CCCC(F)(F)F)c1=O. The Kier molecular flexibility index (Phi) is 12.7. The van der Waals surface area contributed by atoms with Crippen molar-refractivity contribution in [1.82, 2.24) is 14.3 Å². The first kappa shape index (κ1) is 32.9. The number of aryl methyl sites for hydroxylation is 2. The van der Waals surface area contributed by atoms with Crippen LogP contribution < -0.4 is 25.8 Å². The molecule has 0 atom stereocenters. The highest BCUT2D eigenvalue weighted by atomic mass is 19.4. The Labute approximate surface area is 231 Å². The van der Waals surface area contributed by atoms with Gasteiger partial charge in [-0.3, -0.25) is 9.36 Å². The number of benzene rings is 1. The molecular formula is C28H39F3N3O6-. The normalized spacial score (nSPS) is 11.9. The summed E-state index contributed by atoms with van der Waals surface area (Å²) in [5.41, 5.74) is -1.88. The van der Waals surface area contributed by atoms with Crippen LogP contribution in [-0.4, -0.2) is 38.7 Å². The minimum Gasteiger partial charge on any atom is -0.546 e. The Morgan fingerprint density at radius 2 is 1.62 bits per heavy atom. The van der Waals surface area contributed by atoms with Crippen molar-refractivity contribution in [1.29, 1.82) is 0 Å². The highest BCUT2D eigenvalue weighted by Crippen LogP contribution is 2.21. The summed E-state index contributed by atoms with van der Waals surface area (Å²) in [4.78, 5) is 36.8. The zero-order valence-corrected chi connectivity index (χ0v) is 23.4. The highest BCUT2D eigenvalue weighted by Gasteiger charge is 2.26. The molecule has 1 aromatic carbocycles. The van der Waals surface area contributed by atoms with Crippen molar-refractivity contribution in [3.63, 3.8) is 0 Å². The van der Waals surface area contributed by atoms with Gasteiger partial charge in [-0.2, -0.15) is 13.2 Å². The lowest BCUT2D eigenvalue weighted by Crippen LogP contribution is -2.47. The molecule has 2 rings (SSSR count). The summed E-state index contributed by atoms with van der Waals surface area (Å²) in [7, 11) is 0. The zero-order valence-electron chi connectivity index (χ0n) is 23.4. The summed E-state index contributed by atoms with van der Waals surface area (Å²) in [6.07, 6.45) is 0.659. The van der Waals surface area contributed by atoms with Crippen molar-refractivity contribution < 1.29 is 32.5 Å². The lowest BCUT2D eigenvalue weighted by molar-refractivity contribution is -0.320. The Balaban J connectivity index is 1.98. The Morgan fingerprint density at radius 3 is 2.25 bits per heavy atom. The van der Waals surface area contributed by atoms with E-state index >= 15 is 0 Å². The number of alkyl halides is 3. The van der Waals surface area contributed by atoms with Gasteiger partial charge in [-0.1, -0.05) is 44.7 Å². The minimum absolute atomic E-state index is 0.139. The second-order valence-electron chi connectivity index (χ2n) is 10.2. The van der Waals surface area contributed by atoms with Gasteiger partial charge in [0.05, 0.1) is 12.6 Å². The number of aliphatic carboxylic acids is 1. The smallest absolute Gasteiger partial charge is 0.389 e. The summed E-state index contributed by atoms with van der Waals surface area (Å²) in [6, 6.07) is 6.98. The fourth-order valence-electron chi connectivity index (χ4n) is 3.93. The topological polar surface area (TPSA) is 115 Å². The van der Waals surface area contributed by atoms with Gasteiger partial charge in [0.25, 0.3) is 5.88 Å². The Hall–Kier alpha value is -3.31. The first-order valence-electron chi connectivity index (χ1n) is 13.7. The van der Waals surface area contributed by atoms with Gasteiger partial charge >= 0.3 is 17.4 Å². The molecule has 224 valence electrons. The van der Waals surface area contributed by atoms with E-state index in [0.29, 0.717) is 31.4 Å². The first-order chi connectivity index (χ1) is 18.8. The summed E-state index contributed by atoms with van der Waals surface area (Å²) in [6.45, 7) is 4.90. The number of hydrogen-bond donors (Lipinski definition) is 0. The van der Waals surface area contributed by atoms with E-state index in [9.17, 15) is 32.7 Å². The molecule has 0 aliphatic carbocycles. The molecule has 0 fully saturated rings. The second-order valence-corrected chi connectivity index (χ2v) is 10.2. The van der Waals surface area contributed by atoms with Crippen LogP contribution in [0, 0.1) is 0 Å². The van der Waals surface area contributed by atoms with Crippen LogP contribution in [0.25, 0.3) is 0 Å². The second kappa shape index (κ2) is 15.5. The fourth-order valence-corrected chi connectivity index (χ4v) is 3.93. The third-order valence-corrected chi connectivity index (χ3v) is 6.29. The first-order valence-corrected chi connectivity index (χ1v) is 13.7. The number of carbonyl (C=O) groups is 1. The van der Waals surface area contributed by atoms with E-state index in [-0.39, 0.29) is 32.0 Å². The van der Waals surface area contributed by atoms with Crippen LogP contribution in [0.4, 0.5) is 13.2 Å². The lowest BCUT2D eigenvalue weighted by Gasteiger charge is -2.27.